The van der Waals surface area contributed by atoms with Gasteiger partial charge in [0.25, 0.3) is 0 Å². The summed E-state index contributed by atoms with van der Waals surface area (Å²) in [6.07, 6.45) is 0. The second kappa shape index (κ2) is 5.69. The van der Waals surface area contributed by atoms with Crippen molar-refractivity contribution in [1.82, 2.24) is 0 Å². The number of halogens is 1. The van der Waals surface area contributed by atoms with E-state index in [4.69, 9.17) is 10.2 Å². The van der Waals surface area contributed by atoms with Crippen molar-refractivity contribution in [2.24, 2.45) is 0 Å². The van der Waals surface area contributed by atoms with Gasteiger partial charge in [0.1, 0.15) is 0 Å². The molecule has 70 valence electrons. The van der Waals surface area contributed by atoms with Crippen LogP contribution in [-0.4, -0.2) is 51.7 Å². The second-order valence-corrected chi connectivity index (χ2v) is 3.43. The molecule has 0 amide bonds. The van der Waals surface area contributed by atoms with Crippen LogP contribution in [0.15, 0.2) is 18.2 Å². The van der Waals surface area contributed by atoms with Gasteiger partial charge in [-0.05, 0) is 34.7 Å². The molecule has 0 aromatic heterocycles. The molecule has 0 aliphatic rings. The van der Waals surface area contributed by atoms with E-state index < -0.39 is 11.9 Å². The van der Waals surface area contributed by atoms with Crippen LogP contribution in [0.25, 0.3) is 0 Å². The Morgan fingerprint density at radius 3 is 2.07 bits per heavy atom. The number of hydrogen-bond acceptors (Lipinski definition) is 2. The fraction of sp³-hybridized carbons (Fsp3) is 0. The molecule has 6 heteroatoms. The van der Waals surface area contributed by atoms with E-state index in [0.717, 1.165) is 0 Å². The molecule has 0 saturated heterocycles. The number of carbonyl (C=O) groups is 2. The molecule has 0 spiro atoms. The van der Waals surface area contributed by atoms with Crippen LogP contribution in [0.2, 0.25) is 0 Å². The third kappa shape index (κ3) is 2.94. The van der Waals surface area contributed by atoms with Crippen LogP contribution >= 0.6 is 22.6 Å². The topological polar surface area (TPSA) is 74.6 Å². The van der Waals surface area contributed by atoms with Crippen molar-refractivity contribution in [3.05, 3.63) is 32.9 Å². The van der Waals surface area contributed by atoms with Gasteiger partial charge in [0.2, 0.25) is 0 Å². The molecular weight excluding hydrogens is 310 g/mol. The third-order valence-electron chi connectivity index (χ3n) is 1.46. The van der Waals surface area contributed by atoms with Gasteiger partial charge in [-0.3, -0.25) is 0 Å². The Bertz CT molecular complexity index is 378. The van der Waals surface area contributed by atoms with E-state index in [-0.39, 0.29) is 40.7 Å². The average Bonchev–Trinajstić information content (AvgIpc) is 2.02. The van der Waals surface area contributed by atoms with E-state index in [9.17, 15) is 9.59 Å². The first kappa shape index (κ1) is 13.9. The summed E-state index contributed by atoms with van der Waals surface area (Å²) in [5.41, 5.74) is -0.338. The van der Waals surface area contributed by atoms with Gasteiger partial charge >= 0.3 is 41.5 Å². The predicted octanol–water partition coefficient (Wildman–Crippen LogP) is 1.04. The van der Waals surface area contributed by atoms with E-state index in [1.54, 1.807) is 28.7 Å². The Morgan fingerprint density at radius 2 is 1.71 bits per heavy atom. The third-order valence-corrected chi connectivity index (χ3v) is 2.36. The molecule has 0 bridgehead atoms. The maximum atomic E-state index is 10.7. The monoisotopic (exact) mass is 316 g/mol. The molecule has 1 rings (SSSR count). The molecule has 0 saturated carbocycles. The van der Waals surface area contributed by atoms with Gasteiger partial charge in [0, 0.05) is 3.57 Å². The van der Waals surface area contributed by atoms with Crippen LogP contribution in [0.3, 0.4) is 0 Å². The predicted molar refractivity (Wildman–Crippen MR) is 60.2 cm³/mol. The summed E-state index contributed by atoms with van der Waals surface area (Å²) in [6.45, 7) is 0. The van der Waals surface area contributed by atoms with Crippen LogP contribution in [-0.2, 0) is 0 Å². The fourth-order valence-electron chi connectivity index (χ4n) is 0.920. The molecule has 0 unspecified atom stereocenters. The summed E-state index contributed by atoms with van der Waals surface area (Å²) in [6, 6.07) is 4.34. The average molecular weight is 316 g/mol. The Labute approximate surface area is 116 Å². The Balaban J connectivity index is 0.00000169. The van der Waals surface area contributed by atoms with Crippen molar-refractivity contribution in [2.75, 3.05) is 0 Å². The van der Waals surface area contributed by atoms with E-state index in [0.29, 0.717) is 3.57 Å². The number of hydrogen-bond donors (Lipinski definition) is 2. The minimum absolute atomic E-state index is 0. The standard InChI is InChI=1S/C8H5IO4.Na.H/c9-5-3-1-2-4(7(10)11)6(5)8(12)13;;/h1-3H,(H,10,11)(H,12,13);;. The van der Waals surface area contributed by atoms with Gasteiger partial charge in [0.05, 0.1) is 11.1 Å². The minimum atomic E-state index is -1.23. The summed E-state index contributed by atoms with van der Waals surface area (Å²) in [5.74, 6) is -2.45. The van der Waals surface area contributed by atoms with Crippen LogP contribution in [0.1, 0.15) is 20.7 Å². The molecule has 0 aliphatic heterocycles. The molecule has 1 aromatic rings. The zero-order chi connectivity index (χ0) is 10.0. The Kier molecular flexibility index (Phi) is 5.65. The zero-order valence-corrected chi connectivity index (χ0v) is 8.48. The molecule has 0 radical (unpaired) electrons. The summed E-state index contributed by atoms with van der Waals surface area (Å²) in [4.78, 5) is 21.3. The zero-order valence-electron chi connectivity index (χ0n) is 6.32. The molecule has 14 heavy (non-hydrogen) atoms. The van der Waals surface area contributed by atoms with Crippen molar-refractivity contribution in [3.63, 3.8) is 0 Å². The van der Waals surface area contributed by atoms with E-state index in [2.05, 4.69) is 0 Å². The van der Waals surface area contributed by atoms with Gasteiger partial charge in [-0.15, -0.1) is 0 Å². The Hall–Kier alpha value is -0.110. The van der Waals surface area contributed by atoms with Crippen LogP contribution in [0.5, 0.6) is 0 Å². The quantitative estimate of drug-likeness (QED) is 0.631. The number of aromatic carboxylic acids is 2. The molecule has 4 nitrogen and oxygen atoms in total. The SMILES string of the molecule is O=C(O)c1cccc(I)c1C(=O)O.[NaH]. The molecule has 0 aliphatic carbocycles. The van der Waals surface area contributed by atoms with Crippen molar-refractivity contribution >= 4 is 64.1 Å². The molecule has 0 heterocycles. The van der Waals surface area contributed by atoms with Gasteiger partial charge in [0.15, 0.2) is 0 Å². The van der Waals surface area contributed by atoms with Crippen molar-refractivity contribution in [1.29, 1.82) is 0 Å². The number of rotatable bonds is 2. The molecule has 0 atom stereocenters. The van der Waals surface area contributed by atoms with E-state index in [1.807, 2.05) is 0 Å². The fourth-order valence-corrected chi connectivity index (χ4v) is 1.65. The first-order chi connectivity index (χ1) is 6.04. The van der Waals surface area contributed by atoms with Crippen LogP contribution in [0, 0.1) is 3.57 Å². The van der Waals surface area contributed by atoms with Gasteiger partial charge in [-0.1, -0.05) is 6.07 Å². The number of carboxylic acids is 2. The molecule has 0 fully saturated rings. The normalized spacial score (nSPS) is 8.93. The summed E-state index contributed by atoms with van der Waals surface area (Å²) >= 11 is 1.79. The van der Waals surface area contributed by atoms with Crippen LogP contribution in [0.4, 0.5) is 0 Å². The number of benzene rings is 1. The summed E-state index contributed by atoms with van der Waals surface area (Å²) in [7, 11) is 0. The van der Waals surface area contributed by atoms with Gasteiger partial charge in [-0.2, -0.15) is 0 Å². The number of carboxylic acid groups (broad SMARTS) is 2. The van der Waals surface area contributed by atoms with Crippen LogP contribution < -0.4 is 0 Å². The maximum absolute atomic E-state index is 10.7. The second-order valence-electron chi connectivity index (χ2n) is 2.27. The first-order valence-corrected chi connectivity index (χ1v) is 4.37. The van der Waals surface area contributed by atoms with E-state index in [1.165, 1.54) is 12.1 Å². The first-order valence-electron chi connectivity index (χ1n) is 3.29. The van der Waals surface area contributed by atoms with Gasteiger partial charge in [-0.25, -0.2) is 9.59 Å². The summed E-state index contributed by atoms with van der Waals surface area (Å²) < 4.78 is 0.421. The van der Waals surface area contributed by atoms with Crippen molar-refractivity contribution in [3.8, 4) is 0 Å². The van der Waals surface area contributed by atoms with Gasteiger partial charge < -0.3 is 10.2 Å². The van der Waals surface area contributed by atoms with E-state index >= 15 is 0 Å². The van der Waals surface area contributed by atoms with Crippen molar-refractivity contribution < 1.29 is 19.8 Å². The molecule has 2 N–H and O–H groups in total. The Morgan fingerprint density at radius 1 is 1.14 bits per heavy atom. The van der Waals surface area contributed by atoms with Crippen molar-refractivity contribution in [2.45, 2.75) is 0 Å². The molecule has 1 aromatic carbocycles. The molecular formula is C8H6INaO4. The summed E-state index contributed by atoms with van der Waals surface area (Å²) in [5, 5.41) is 17.4.